The van der Waals surface area contributed by atoms with Gasteiger partial charge in [0, 0.05) is 6.54 Å². The van der Waals surface area contributed by atoms with Crippen LogP contribution < -0.4 is 0 Å². The summed E-state index contributed by atoms with van der Waals surface area (Å²) in [5.41, 5.74) is 0.729. The number of aromatic nitrogens is 4. The van der Waals surface area contributed by atoms with E-state index in [1.165, 1.54) is 12.8 Å². The van der Waals surface area contributed by atoms with Crippen molar-refractivity contribution in [2.45, 2.75) is 19.4 Å². The first-order valence-corrected chi connectivity index (χ1v) is 5.54. The quantitative estimate of drug-likeness (QED) is 0.601. The molecule has 0 unspecified atom stereocenters. The summed E-state index contributed by atoms with van der Waals surface area (Å²) >= 11 is 11.7. The minimum absolute atomic E-state index is 0.171. The van der Waals surface area contributed by atoms with Crippen molar-refractivity contribution >= 4 is 34.2 Å². The minimum atomic E-state index is 0.171. The second-order valence-electron chi connectivity index (χ2n) is 3.79. The molecule has 0 bridgehead atoms. The van der Waals surface area contributed by atoms with Gasteiger partial charge in [0.05, 0.1) is 11.6 Å². The maximum Gasteiger partial charge on any atom is 0.225 e. The summed E-state index contributed by atoms with van der Waals surface area (Å²) in [7, 11) is 0. The molecule has 1 aliphatic carbocycles. The number of halogens is 2. The number of fused-ring (bicyclic) bond motifs is 1. The van der Waals surface area contributed by atoms with Crippen LogP contribution in [0.3, 0.4) is 0 Å². The Balaban J connectivity index is 2.14. The van der Waals surface area contributed by atoms with Gasteiger partial charge in [-0.15, -0.1) is 0 Å². The monoisotopic (exact) mass is 242 g/mol. The molecule has 0 saturated heterocycles. The van der Waals surface area contributed by atoms with Gasteiger partial charge in [0.2, 0.25) is 5.28 Å². The Morgan fingerprint density at radius 3 is 2.87 bits per heavy atom. The Morgan fingerprint density at radius 2 is 2.13 bits per heavy atom. The Hall–Kier alpha value is -0.870. The van der Waals surface area contributed by atoms with E-state index in [4.69, 9.17) is 23.2 Å². The minimum Gasteiger partial charge on any atom is -0.247 e. The molecule has 1 saturated carbocycles. The summed E-state index contributed by atoms with van der Waals surface area (Å²) in [6.45, 7) is 0.896. The van der Waals surface area contributed by atoms with Crippen LogP contribution >= 0.6 is 23.2 Å². The number of hydrogen-bond acceptors (Lipinski definition) is 3. The Morgan fingerprint density at radius 1 is 1.33 bits per heavy atom. The van der Waals surface area contributed by atoms with Gasteiger partial charge in [-0.1, -0.05) is 11.6 Å². The molecule has 15 heavy (non-hydrogen) atoms. The van der Waals surface area contributed by atoms with Crippen LogP contribution in [-0.4, -0.2) is 19.7 Å². The SMILES string of the molecule is Clc1nc(Cl)c2cnn(CC3CC3)c2n1. The second kappa shape index (κ2) is 3.32. The lowest BCUT2D eigenvalue weighted by Gasteiger charge is -2.00. The summed E-state index contributed by atoms with van der Waals surface area (Å²) in [5, 5.41) is 5.55. The highest BCUT2D eigenvalue weighted by molar-refractivity contribution is 6.35. The summed E-state index contributed by atoms with van der Waals surface area (Å²) in [6.07, 6.45) is 4.23. The second-order valence-corrected chi connectivity index (χ2v) is 4.49. The topological polar surface area (TPSA) is 43.6 Å². The van der Waals surface area contributed by atoms with Gasteiger partial charge in [0.1, 0.15) is 5.15 Å². The zero-order chi connectivity index (χ0) is 10.4. The largest absolute Gasteiger partial charge is 0.247 e. The van der Waals surface area contributed by atoms with Crippen molar-refractivity contribution in [3.63, 3.8) is 0 Å². The van der Waals surface area contributed by atoms with Crippen molar-refractivity contribution in [1.82, 2.24) is 19.7 Å². The summed E-state index contributed by atoms with van der Waals surface area (Å²) in [5.74, 6) is 0.737. The summed E-state index contributed by atoms with van der Waals surface area (Å²) in [6, 6.07) is 0. The van der Waals surface area contributed by atoms with E-state index in [1.54, 1.807) is 6.20 Å². The van der Waals surface area contributed by atoms with Crippen LogP contribution in [-0.2, 0) is 6.54 Å². The predicted molar refractivity (Wildman–Crippen MR) is 58.1 cm³/mol. The van der Waals surface area contributed by atoms with Gasteiger partial charge in [-0.25, -0.2) is 9.67 Å². The molecule has 2 aromatic heterocycles. The van der Waals surface area contributed by atoms with Crippen LogP contribution in [0.4, 0.5) is 0 Å². The van der Waals surface area contributed by atoms with E-state index in [0.29, 0.717) is 5.15 Å². The van der Waals surface area contributed by atoms with Gasteiger partial charge in [0.15, 0.2) is 5.65 Å². The van der Waals surface area contributed by atoms with Crippen LogP contribution in [0.15, 0.2) is 6.20 Å². The van der Waals surface area contributed by atoms with Crippen molar-refractivity contribution in [2.24, 2.45) is 5.92 Å². The lowest BCUT2D eigenvalue weighted by atomic mass is 10.4. The van der Waals surface area contributed by atoms with Crippen LogP contribution in [0.1, 0.15) is 12.8 Å². The van der Waals surface area contributed by atoms with Gasteiger partial charge in [-0.2, -0.15) is 10.1 Å². The van der Waals surface area contributed by atoms with Crippen molar-refractivity contribution < 1.29 is 0 Å². The standard InChI is InChI=1S/C9H8Cl2N4/c10-7-6-3-12-15(4-5-1-2-5)8(6)14-9(11)13-7/h3,5H,1-2,4H2. The van der Waals surface area contributed by atoms with Crippen molar-refractivity contribution in [1.29, 1.82) is 0 Å². The third-order valence-corrected chi connectivity index (χ3v) is 3.01. The molecule has 1 fully saturated rings. The Labute approximate surface area is 96.2 Å². The van der Waals surface area contributed by atoms with Gasteiger partial charge in [0.25, 0.3) is 0 Å². The van der Waals surface area contributed by atoms with E-state index in [9.17, 15) is 0 Å². The molecule has 0 atom stereocenters. The van der Waals surface area contributed by atoms with Gasteiger partial charge < -0.3 is 0 Å². The molecule has 4 nitrogen and oxygen atoms in total. The smallest absolute Gasteiger partial charge is 0.225 e. The fourth-order valence-electron chi connectivity index (χ4n) is 1.57. The first kappa shape index (κ1) is 9.36. The number of rotatable bonds is 2. The molecule has 0 N–H and O–H groups in total. The fourth-order valence-corrected chi connectivity index (χ4v) is 2.00. The molecule has 3 rings (SSSR count). The van der Waals surface area contributed by atoms with E-state index >= 15 is 0 Å². The fraction of sp³-hybridized carbons (Fsp3) is 0.444. The molecule has 78 valence electrons. The first-order valence-electron chi connectivity index (χ1n) is 4.78. The van der Waals surface area contributed by atoms with Crippen molar-refractivity contribution in [3.05, 3.63) is 16.6 Å². The molecule has 0 aliphatic heterocycles. The molecular weight excluding hydrogens is 235 g/mol. The van der Waals surface area contributed by atoms with E-state index in [1.807, 2.05) is 4.68 Å². The lowest BCUT2D eigenvalue weighted by molar-refractivity contribution is 0.576. The maximum absolute atomic E-state index is 5.94. The Kier molecular flexibility index (Phi) is 2.07. The summed E-state index contributed by atoms with van der Waals surface area (Å²) in [4.78, 5) is 8.02. The number of nitrogens with zero attached hydrogens (tertiary/aromatic N) is 4. The molecule has 0 radical (unpaired) electrons. The third-order valence-electron chi connectivity index (χ3n) is 2.55. The third kappa shape index (κ3) is 1.68. The van der Waals surface area contributed by atoms with E-state index in [-0.39, 0.29) is 5.28 Å². The van der Waals surface area contributed by atoms with Crippen LogP contribution in [0.2, 0.25) is 10.4 Å². The van der Waals surface area contributed by atoms with Gasteiger partial charge >= 0.3 is 0 Å². The molecule has 0 amide bonds. The van der Waals surface area contributed by atoms with E-state index in [2.05, 4.69) is 15.1 Å². The lowest BCUT2D eigenvalue weighted by Crippen LogP contribution is -2.02. The Bertz CT molecular complexity index is 518. The molecular formula is C9H8Cl2N4. The molecule has 0 spiro atoms. The maximum atomic E-state index is 5.94. The highest BCUT2D eigenvalue weighted by atomic mass is 35.5. The van der Waals surface area contributed by atoms with Crippen LogP contribution in [0, 0.1) is 5.92 Å². The van der Waals surface area contributed by atoms with Gasteiger partial charge in [-0.3, -0.25) is 0 Å². The zero-order valence-electron chi connectivity index (χ0n) is 7.82. The zero-order valence-corrected chi connectivity index (χ0v) is 9.33. The highest BCUT2D eigenvalue weighted by Gasteiger charge is 2.23. The molecule has 2 aromatic rings. The highest BCUT2D eigenvalue weighted by Crippen LogP contribution is 2.31. The van der Waals surface area contributed by atoms with Crippen LogP contribution in [0.25, 0.3) is 11.0 Å². The molecule has 0 aromatic carbocycles. The molecule has 1 aliphatic rings. The molecule has 6 heteroatoms. The first-order chi connectivity index (χ1) is 7.24. The average Bonchev–Trinajstić information content (AvgIpc) is 2.89. The van der Waals surface area contributed by atoms with Gasteiger partial charge in [-0.05, 0) is 30.4 Å². The predicted octanol–water partition coefficient (Wildman–Crippen LogP) is 2.54. The van der Waals surface area contributed by atoms with Crippen molar-refractivity contribution in [3.8, 4) is 0 Å². The average molecular weight is 243 g/mol. The molecule has 2 heterocycles. The van der Waals surface area contributed by atoms with E-state index in [0.717, 1.165) is 23.5 Å². The number of hydrogen-bond donors (Lipinski definition) is 0. The normalized spacial score (nSPS) is 16.1. The van der Waals surface area contributed by atoms with Crippen molar-refractivity contribution in [2.75, 3.05) is 0 Å². The summed E-state index contributed by atoms with van der Waals surface area (Å²) < 4.78 is 1.85. The van der Waals surface area contributed by atoms with E-state index < -0.39 is 0 Å². The van der Waals surface area contributed by atoms with Crippen LogP contribution in [0.5, 0.6) is 0 Å².